The van der Waals surface area contributed by atoms with Crippen LogP contribution in [-0.2, 0) is 16.1 Å². The van der Waals surface area contributed by atoms with Crippen LogP contribution < -0.4 is 10.6 Å². The lowest BCUT2D eigenvalue weighted by molar-refractivity contribution is -0.142. The van der Waals surface area contributed by atoms with Gasteiger partial charge in [-0.3, -0.25) is 14.4 Å². The molecular formula is C36H34F4N6O6S. The molecular weight excluding hydrogens is 720 g/mol. The zero-order chi connectivity index (χ0) is 38.8. The number of nitrogens with one attached hydrogen (secondary N) is 2. The van der Waals surface area contributed by atoms with E-state index in [1.165, 1.54) is 11.3 Å². The average molecular weight is 755 g/mol. The van der Waals surface area contributed by atoms with Crippen LogP contribution in [0.3, 0.4) is 0 Å². The van der Waals surface area contributed by atoms with Crippen LogP contribution in [0.1, 0.15) is 59.2 Å². The topological polar surface area (TPSA) is 174 Å². The van der Waals surface area contributed by atoms with E-state index in [2.05, 4.69) is 25.8 Å². The number of β-amino-alcohol motifs (C(OH)–C–C–N with tert-alkyl or cyclic N) is 1. The smallest absolute Gasteiger partial charge is 0.335 e. The number of aliphatic hydroxyl groups excluding tert-OH is 1. The molecule has 1 aromatic heterocycles. The molecule has 4 aromatic rings. The second-order valence-electron chi connectivity index (χ2n) is 13.4. The number of carbonyl (C=O) groups is 4. The van der Waals surface area contributed by atoms with Gasteiger partial charge in [0.15, 0.2) is 34.6 Å². The zero-order valence-corrected chi connectivity index (χ0v) is 29.6. The van der Waals surface area contributed by atoms with Gasteiger partial charge in [0.05, 0.1) is 27.7 Å². The van der Waals surface area contributed by atoms with Crippen LogP contribution in [0.4, 0.5) is 28.9 Å². The first kappa shape index (κ1) is 38.7. The summed E-state index contributed by atoms with van der Waals surface area (Å²) in [5.74, 6) is -9.69. The van der Waals surface area contributed by atoms with Crippen molar-refractivity contribution in [1.29, 1.82) is 0 Å². The quantitative estimate of drug-likeness (QED) is 0.110. The summed E-state index contributed by atoms with van der Waals surface area (Å²) in [5, 5.41) is 31.1. The minimum atomic E-state index is -1.62. The first-order valence-electron chi connectivity index (χ1n) is 16.1. The van der Waals surface area contributed by atoms with Crippen molar-refractivity contribution in [1.82, 2.24) is 20.5 Å². The summed E-state index contributed by atoms with van der Waals surface area (Å²) in [4.78, 5) is 58.0. The Hall–Kier alpha value is -5.55. The number of carboxylic acid groups (broad SMARTS) is 1. The highest BCUT2D eigenvalue weighted by molar-refractivity contribution is 7.13. The number of benzene rings is 3. The van der Waals surface area contributed by atoms with E-state index in [0.29, 0.717) is 24.3 Å². The summed E-state index contributed by atoms with van der Waals surface area (Å²) < 4.78 is 58.5. The van der Waals surface area contributed by atoms with Crippen molar-refractivity contribution in [3.63, 3.8) is 0 Å². The Morgan fingerprint density at radius 3 is 1.98 bits per heavy atom. The molecule has 0 radical (unpaired) electrons. The second-order valence-corrected chi connectivity index (χ2v) is 14.3. The van der Waals surface area contributed by atoms with Crippen molar-refractivity contribution in [2.24, 2.45) is 15.6 Å². The molecule has 1 aliphatic heterocycles. The molecule has 0 aliphatic carbocycles. The number of hydrogen-bond acceptors (Lipinski definition) is 9. The third-order valence-corrected chi connectivity index (χ3v) is 9.45. The van der Waals surface area contributed by atoms with Crippen molar-refractivity contribution < 1.29 is 47.0 Å². The molecule has 0 saturated carbocycles. The number of aromatic nitrogens is 1. The maximum Gasteiger partial charge on any atom is 0.335 e. The molecule has 0 unspecified atom stereocenters. The van der Waals surface area contributed by atoms with Crippen molar-refractivity contribution in [3.05, 3.63) is 99.7 Å². The van der Waals surface area contributed by atoms with E-state index in [9.17, 15) is 33.1 Å². The van der Waals surface area contributed by atoms with Crippen LogP contribution in [0, 0.1) is 35.6 Å². The van der Waals surface area contributed by atoms with Gasteiger partial charge in [0.25, 0.3) is 5.91 Å². The number of aromatic carboxylic acids is 1. The van der Waals surface area contributed by atoms with E-state index < -0.39 is 93.1 Å². The molecule has 1 fully saturated rings. The number of thiazole rings is 1. The van der Waals surface area contributed by atoms with Crippen LogP contribution >= 0.6 is 11.3 Å². The normalized spacial score (nSPS) is 16.5. The standard InChI is InChI=1S/C36H34F4N6O6S/c1-17-30(53-16-42-17)19-7-5-18(6-8-19)14-41-33(49)27-13-22(47)15-46(27)34(50)31(36(2,3)4)43-32(48)20-9-23(37)28(24(38)10-20)44-45-29-25(39)11-21(35(51)52)12-26(29)40/h5-12,16,22,27,31,47H,13-15H2,1-4H3,(H,41,49)(H,43,48)(H,51,52)/t22-,27+,31-/m1/s1. The largest absolute Gasteiger partial charge is 0.478 e. The van der Waals surface area contributed by atoms with Crippen molar-refractivity contribution in [2.75, 3.05) is 6.54 Å². The summed E-state index contributed by atoms with van der Waals surface area (Å²) in [6, 6.07) is 7.20. The molecule has 1 saturated heterocycles. The molecule has 1 aliphatic rings. The lowest BCUT2D eigenvalue weighted by atomic mass is 9.85. The van der Waals surface area contributed by atoms with E-state index in [4.69, 9.17) is 5.11 Å². The number of azo groups is 1. The first-order valence-corrected chi connectivity index (χ1v) is 17.0. The van der Waals surface area contributed by atoms with Crippen LogP contribution in [0.15, 0.2) is 64.3 Å². The maximum absolute atomic E-state index is 15.0. The van der Waals surface area contributed by atoms with Crippen LogP contribution in [0.2, 0.25) is 0 Å². The van der Waals surface area contributed by atoms with Gasteiger partial charge in [0.2, 0.25) is 11.8 Å². The fourth-order valence-corrected chi connectivity index (χ4v) is 6.48. The SMILES string of the molecule is Cc1ncsc1-c1ccc(CNC(=O)[C@@H]2C[C@@H](O)CN2C(=O)[C@@H](NC(=O)c2cc(F)c(N=Nc3c(F)cc(C(=O)O)cc3F)c(F)c2)C(C)(C)C)cc1. The van der Waals surface area contributed by atoms with E-state index in [0.717, 1.165) is 26.6 Å². The summed E-state index contributed by atoms with van der Waals surface area (Å²) >= 11 is 1.51. The highest BCUT2D eigenvalue weighted by Crippen LogP contribution is 2.31. The molecule has 278 valence electrons. The number of nitrogens with zero attached hydrogens (tertiary/aromatic N) is 4. The predicted molar refractivity (Wildman–Crippen MR) is 185 cm³/mol. The molecule has 4 N–H and O–H groups in total. The Labute approximate surface area is 304 Å². The Balaban J connectivity index is 1.28. The van der Waals surface area contributed by atoms with Gasteiger partial charge in [0, 0.05) is 25.1 Å². The molecule has 3 aromatic carbocycles. The number of hydrogen-bond donors (Lipinski definition) is 4. The zero-order valence-electron chi connectivity index (χ0n) is 28.8. The molecule has 3 amide bonds. The summed E-state index contributed by atoms with van der Waals surface area (Å²) in [7, 11) is 0. The predicted octanol–water partition coefficient (Wildman–Crippen LogP) is 6.21. The number of carboxylic acids is 1. The molecule has 2 heterocycles. The van der Waals surface area contributed by atoms with Gasteiger partial charge < -0.3 is 25.7 Å². The van der Waals surface area contributed by atoms with Gasteiger partial charge in [-0.05, 0) is 47.7 Å². The van der Waals surface area contributed by atoms with E-state index in [1.807, 2.05) is 31.2 Å². The van der Waals surface area contributed by atoms with Crippen LogP contribution in [0.25, 0.3) is 10.4 Å². The Morgan fingerprint density at radius 1 is 0.943 bits per heavy atom. The molecule has 53 heavy (non-hydrogen) atoms. The minimum Gasteiger partial charge on any atom is -0.478 e. The second kappa shape index (κ2) is 15.6. The van der Waals surface area contributed by atoms with Gasteiger partial charge in [-0.25, -0.2) is 27.3 Å². The number of aliphatic hydroxyl groups is 1. The molecule has 12 nitrogen and oxygen atoms in total. The van der Waals surface area contributed by atoms with Crippen LogP contribution in [-0.4, -0.2) is 68.5 Å². The molecule has 3 atom stereocenters. The summed E-state index contributed by atoms with van der Waals surface area (Å²) in [6.07, 6.45) is -1.09. The number of amides is 3. The number of likely N-dealkylation sites (tertiary alicyclic amines) is 1. The number of rotatable bonds is 10. The van der Waals surface area contributed by atoms with Gasteiger partial charge >= 0.3 is 5.97 Å². The van der Waals surface area contributed by atoms with Gasteiger partial charge in [0.1, 0.15) is 12.1 Å². The molecule has 5 rings (SSSR count). The van der Waals surface area contributed by atoms with Crippen molar-refractivity contribution >= 4 is 46.4 Å². The third-order valence-electron chi connectivity index (χ3n) is 8.47. The Kier molecular flexibility index (Phi) is 11.4. The minimum absolute atomic E-state index is 0.0596. The van der Waals surface area contributed by atoms with Crippen LogP contribution in [0.5, 0.6) is 0 Å². The number of carbonyl (C=O) groups excluding carboxylic acids is 3. The van der Waals surface area contributed by atoms with Gasteiger partial charge in [-0.2, -0.15) is 0 Å². The fraction of sp³-hybridized carbons (Fsp3) is 0.306. The first-order chi connectivity index (χ1) is 24.9. The van der Waals surface area contributed by atoms with E-state index in [1.54, 1.807) is 26.3 Å². The monoisotopic (exact) mass is 754 g/mol. The van der Waals surface area contributed by atoms with E-state index >= 15 is 8.78 Å². The fourth-order valence-electron chi connectivity index (χ4n) is 5.67. The number of aryl methyl sites for hydroxylation is 1. The Bertz CT molecular complexity index is 2060. The molecule has 17 heteroatoms. The van der Waals surface area contributed by atoms with Crippen molar-refractivity contribution in [2.45, 2.75) is 58.8 Å². The number of halogens is 4. The summed E-state index contributed by atoms with van der Waals surface area (Å²) in [6.45, 7) is 6.73. The molecule has 0 bridgehead atoms. The lowest BCUT2D eigenvalue weighted by Crippen LogP contribution is -2.57. The highest BCUT2D eigenvalue weighted by Gasteiger charge is 2.44. The third kappa shape index (κ3) is 8.74. The van der Waals surface area contributed by atoms with E-state index in [-0.39, 0.29) is 19.5 Å². The van der Waals surface area contributed by atoms with Crippen molar-refractivity contribution in [3.8, 4) is 10.4 Å². The summed E-state index contributed by atoms with van der Waals surface area (Å²) in [5.41, 5.74) is -0.0491. The lowest BCUT2D eigenvalue weighted by Gasteiger charge is -2.35. The average Bonchev–Trinajstić information content (AvgIpc) is 3.70. The highest BCUT2D eigenvalue weighted by atomic mass is 32.1. The Morgan fingerprint density at radius 2 is 1.49 bits per heavy atom. The van der Waals surface area contributed by atoms with Gasteiger partial charge in [-0.1, -0.05) is 45.0 Å². The molecule has 0 spiro atoms. The van der Waals surface area contributed by atoms with Gasteiger partial charge in [-0.15, -0.1) is 21.6 Å². The maximum atomic E-state index is 15.0.